The van der Waals surface area contributed by atoms with E-state index in [4.69, 9.17) is 10.5 Å². The highest BCUT2D eigenvalue weighted by Gasteiger charge is 2.44. The average molecular weight is 255 g/mol. The van der Waals surface area contributed by atoms with Crippen LogP contribution in [0.3, 0.4) is 0 Å². The van der Waals surface area contributed by atoms with Gasteiger partial charge in [0.15, 0.2) is 0 Å². The molecule has 0 aromatic carbocycles. The van der Waals surface area contributed by atoms with E-state index in [9.17, 15) is 0 Å². The topological polar surface area (TPSA) is 41.7 Å². The van der Waals surface area contributed by atoms with Crippen LogP contribution in [0.15, 0.2) is 0 Å². The molecule has 2 aliphatic rings. The monoisotopic (exact) mass is 255 g/mol. The molecule has 2 rings (SSSR count). The van der Waals surface area contributed by atoms with Crippen molar-refractivity contribution in [2.24, 2.45) is 11.7 Å². The standard InChI is InChI=1S/C14H29N3O/c1-14(11-15,12-6-8-18-10-12)17-7-4-5-13(17)9-16(2)3/h12-13H,4-11,15H2,1-3H3. The van der Waals surface area contributed by atoms with Crippen LogP contribution in [0.25, 0.3) is 0 Å². The summed E-state index contributed by atoms with van der Waals surface area (Å²) in [5, 5.41) is 0. The summed E-state index contributed by atoms with van der Waals surface area (Å²) in [6, 6.07) is 0.661. The number of likely N-dealkylation sites (tertiary alicyclic amines) is 1. The van der Waals surface area contributed by atoms with Gasteiger partial charge in [0.1, 0.15) is 0 Å². The molecule has 2 saturated heterocycles. The van der Waals surface area contributed by atoms with E-state index in [0.29, 0.717) is 12.0 Å². The molecule has 0 bridgehead atoms. The van der Waals surface area contributed by atoms with E-state index in [1.165, 1.54) is 25.8 Å². The fourth-order valence-corrected chi connectivity index (χ4v) is 3.66. The quantitative estimate of drug-likeness (QED) is 0.788. The second-order valence-electron chi connectivity index (χ2n) is 6.37. The first kappa shape index (κ1) is 14.3. The highest BCUT2D eigenvalue weighted by atomic mass is 16.5. The maximum absolute atomic E-state index is 6.15. The molecule has 3 unspecified atom stereocenters. The van der Waals surface area contributed by atoms with Gasteiger partial charge in [-0.25, -0.2) is 0 Å². The van der Waals surface area contributed by atoms with Crippen LogP contribution in [-0.2, 0) is 4.74 Å². The summed E-state index contributed by atoms with van der Waals surface area (Å²) in [4.78, 5) is 4.97. The van der Waals surface area contributed by atoms with Crippen LogP contribution in [-0.4, -0.2) is 68.3 Å². The summed E-state index contributed by atoms with van der Waals surface area (Å²) in [6.07, 6.45) is 3.78. The summed E-state index contributed by atoms with van der Waals surface area (Å²) < 4.78 is 5.59. The fraction of sp³-hybridized carbons (Fsp3) is 1.00. The van der Waals surface area contributed by atoms with Gasteiger partial charge in [-0.15, -0.1) is 0 Å². The lowest BCUT2D eigenvalue weighted by molar-refractivity contribution is 0.0275. The number of nitrogens with zero attached hydrogens (tertiary/aromatic N) is 2. The summed E-state index contributed by atoms with van der Waals surface area (Å²) in [6.45, 7) is 7.22. The lowest BCUT2D eigenvalue weighted by Crippen LogP contribution is -2.59. The Kier molecular flexibility index (Phi) is 4.64. The van der Waals surface area contributed by atoms with E-state index in [2.05, 4.69) is 30.8 Å². The number of nitrogens with two attached hydrogens (primary N) is 1. The SMILES string of the molecule is CN(C)CC1CCCN1C(C)(CN)C1CCOC1. The Morgan fingerprint density at radius 3 is 2.72 bits per heavy atom. The maximum atomic E-state index is 6.15. The first-order chi connectivity index (χ1) is 8.58. The number of hydrogen-bond acceptors (Lipinski definition) is 4. The zero-order valence-corrected chi connectivity index (χ0v) is 12.2. The van der Waals surface area contributed by atoms with Gasteiger partial charge < -0.3 is 15.4 Å². The molecule has 4 nitrogen and oxygen atoms in total. The molecule has 0 aromatic heterocycles. The average Bonchev–Trinajstić information content (AvgIpc) is 2.97. The van der Waals surface area contributed by atoms with Gasteiger partial charge in [-0.2, -0.15) is 0 Å². The first-order valence-electron chi connectivity index (χ1n) is 7.27. The minimum absolute atomic E-state index is 0.119. The van der Waals surface area contributed by atoms with Crippen molar-refractivity contribution in [1.82, 2.24) is 9.80 Å². The Bertz CT molecular complexity index is 266. The van der Waals surface area contributed by atoms with Crippen molar-refractivity contribution in [1.29, 1.82) is 0 Å². The van der Waals surface area contributed by atoms with Gasteiger partial charge in [0.2, 0.25) is 0 Å². The van der Waals surface area contributed by atoms with E-state index < -0.39 is 0 Å². The van der Waals surface area contributed by atoms with Crippen LogP contribution >= 0.6 is 0 Å². The first-order valence-corrected chi connectivity index (χ1v) is 7.27. The number of likely N-dealkylation sites (N-methyl/N-ethyl adjacent to an activating group) is 1. The molecule has 0 spiro atoms. The Balaban J connectivity index is 2.09. The number of hydrogen-bond donors (Lipinski definition) is 1. The molecule has 0 amide bonds. The van der Waals surface area contributed by atoms with Gasteiger partial charge in [-0.3, -0.25) is 4.90 Å². The molecule has 2 aliphatic heterocycles. The van der Waals surface area contributed by atoms with E-state index in [-0.39, 0.29) is 5.54 Å². The largest absolute Gasteiger partial charge is 0.381 e. The van der Waals surface area contributed by atoms with Gasteiger partial charge in [-0.05, 0) is 46.8 Å². The Morgan fingerprint density at radius 2 is 2.17 bits per heavy atom. The van der Waals surface area contributed by atoms with Crippen LogP contribution in [0, 0.1) is 5.92 Å². The summed E-state index contributed by atoms with van der Waals surface area (Å²) >= 11 is 0. The third-order valence-electron chi connectivity index (χ3n) is 4.83. The highest BCUT2D eigenvalue weighted by Crippen LogP contribution is 2.35. The van der Waals surface area contributed by atoms with Crippen LogP contribution in [0.4, 0.5) is 0 Å². The lowest BCUT2D eigenvalue weighted by atomic mass is 9.82. The highest BCUT2D eigenvalue weighted by molar-refractivity contribution is 5.00. The second kappa shape index (κ2) is 5.87. The molecule has 0 radical (unpaired) electrons. The predicted octanol–water partition coefficient (Wildman–Crippen LogP) is 0.766. The van der Waals surface area contributed by atoms with Crippen LogP contribution < -0.4 is 5.73 Å². The summed E-state index contributed by atoms with van der Waals surface area (Å²) in [5.41, 5.74) is 6.27. The predicted molar refractivity (Wildman–Crippen MR) is 74.7 cm³/mol. The molecule has 2 heterocycles. The van der Waals surface area contributed by atoms with Gasteiger partial charge in [-0.1, -0.05) is 0 Å². The van der Waals surface area contributed by atoms with Crippen molar-refractivity contribution in [3.05, 3.63) is 0 Å². The van der Waals surface area contributed by atoms with E-state index in [1.807, 2.05) is 0 Å². The zero-order chi connectivity index (χ0) is 13.2. The van der Waals surface area contributed by atoms with Crippen molar-refractivity contribution in [3.8, 4) is 0 Å². The van der Waals surface area contributed by atoms with Crippen LogP contribution in [0.1, 0.15) is 26.2 Å². The van der Waals surface area contributed by atoms with Gasteiger partial charge in [0, 0.05) is 37.2 Å². The molecule has 0 aliphatic carbocycles. The van der Waals surface area contributed by atoms with Gasteiger partial charge >= 0.3 is 0 Å². The van der Waals surface area contributed by atoms with Gasteiger partial charge in [0.05, 0.1) is 6.61 Å². The van der Waals surface area contributed by atoms with Crippen molar-refractivity contribution in [3.63, 3.8) is 0 Å². The molecule has 0 saturated carbocycles. The lowest BCUT2D eigenvalue weighted by Gasteiger charge is -2.46. The normalized spacial score (nSPS) is 33.2. The van der Waals surface area contributed by atoms with Gasteiger partial charge in [0.25, 0.3) is 0 Å². The minimum Gasteiger partial charge on any atom is -0.381 e. The number of ether oxygens (including phenoxy) is 1. The molecule has 18 heavy (non-hydrogen) atoms. The molecule has 4 heteroatoms. The molecule has 2 N–H and O–H groups in total. The number of rotatable bonds is 5. The molecular formula is C14H29N3O. The molecule has 0 aromatic rings. The molecule has 106 valence electrons. The van der Waals surface area contributed by atoms with Crippen LogP contribution in [0.5, 0.6) is 0 Å². The second-order valence-corrected chi connectivity index (χ2v) is 6.37. The Hall–Kier alpha value is -0.160. The Morgan fingerprint density at radius 1 is 1.39 bits per heavy atom. The van der Waals surface area contributed by atoms with E-state index in [1.54, 1.807) is 0 Å². The minimum atomic E-state index is 0.119. The van der Waals surface area contributed by atoms with Crippen molar-refractivity contribution < 1.29 is 4.74 Å². The van der Waals surface area contributed by atoms with Crippen molar-refractivity contribution >= 4 is 0 Å². The van der Waals surface area contributed by atoms with E-state index in [0.717, 1.165) is 26.3 Å². The molecule has 2 fully saturated rings. The van der Waals surface area contributed by atoms with Crippen LogP contribution in [0.2, 0.25) is 0 Å². The van der Waals surface area contributed by atoms with Crippen molar-refractivity contribution in [2.45, 2.75) is 37.8 Å². The summed E-state index contributed by atoms with van der Waals surface area (Å²) in [5.74, 6) is 0.602. The zero-order valence-electron chi connectivity index (χ0n) is 12.2. The Labute approximate surface area is 111 Å². The third-order valence-corrected chi connectivity index (χ3v) is 4.83. The smallest absolute Gasteiger partial charge is 0.0513 e. The maximum Gasteiger partial charge on any atom is 0.0513 e. The molecular weight excluding hydrogens is 226 g/mol. The molecule has 3 atom stereocenters. The third kappa shape index (κ3) is 2.72. The fourth-order valence-electron chi connectivity index (χ4n) is 3.66. The summed E-state index contributed by atoms with van der Waals surface area (Å²) in [7, 11) is 4.32. The van der Waals surface area contributed by atoms with E-state index >= 15 is 0 Å². The van der Waals surface area contributed by atoms with Crippen molar-refractivity contribution in [2.75, 3.05) is 46.9 Å².